The van der Waals surface area contributed by atoms with Crippen LogP contribution in [0.5, 0.6) is 5.75 Å². The van der Waals surface area contributed by atoms with E-state index in [9.17, 15) is 9.70 Å². The fraction of sp³-hybridized carbons (Fsp3) is 0.412. The normalized spacial score (nSPS) is 19.3. The Morgan fingerprint density at radius 1 is 1.00 bits per heavy atom. The van der Waals surface area contributed by atoms with Gasteiger partial charge < -0.3 is 19.1 Å². The Morgan fingerprint density at radius 2 is 1.77 bits per heavy atom. The molecule has 0 unspecified atom stereocenters. The first kappa shape index (κ1) is 30.4. The van der Waals surface area contributed by atoms with Crippen LogP contribution >= 0.6 is 11.6 Å². The lowest BCUT2D eigenvalue weighted by atomic mass is 9.82. The van der Waals surface area contributed by atoms with Crippen LogP contribution in [0, 0.1) is 4.91 Å². The van der Waals surface area contributed by atoms with Gasteiger partial charge in [-0.2, -0.15) is 0 Å². The number of benzene rings is 2. The predicted octanol–water partition coefficient (Wildman–Crippen LogP) is 5.70. The molecule has 0 saturated carbocycles. The first-order chi connectivity index (χ1) is 21.5. The predicted molar refractivity (Wildman–Crippen MR) is 169 cm³/mol. The molecule has 4 heterocycles. The first-order valence-corrected chi connectivity index (χ1v) is 15.6. The summed E-state index contributed by atoms with van der Waals surface area (Å²) >= 11 is 6.07. The minimum Gasteiger partial charge on any atom is -0.487 e. The topological polar surface area (TPSA) is 93.6 Å². The number of fused-ring (bicyclic) bond motifs is 2. The van der Waals surface area contributed by atoms with Crippen molar-refractivity contribution in [1.29, 1.82) is 0 Å². The van der Waals surface area contributed by atoms with E-state index < -0.39 is 5.54 Å². The van der Waals surface area contributed by atoms with Crippen LogP contribution < -0.4 is 4.74 Å². The monoisotopic (exact) mass is 616 g/mol. The molecule has 9 nitrogen and oxygen atoms in total. The molecule has 3 aromatic rings. The molecule has 0 amide bonds. The van der Waals surface area contributed by atoms with E-state index in [1.807, 2.05) is 42.5 Å². The van der Waals surface area contributed by atoms with Gasteiger partial charge in [-0.3, -0.25) is 9.88 Å². The van der Waals surface area contributed by atoms with Crippen LogP contribution in [0.4, 0.5) is 0 Å². The van der Waals surface area contributed by atoms with Crippen LogP contribution in [0.1, 0.15) is 52.0 Å². The van der Waals surface area contributed by atoms with Crippen LogP contribution in [0.2, 0.25) is 5.02 Å². The number of rotatable bonds is 9. The van der Waals surface area contributed by atoms with E-state index in [4.69, 9.17) is 25.8 Å². The summed E-state index contributed by atoms with van der Waals surface area (Å²) in [6.07, 6.45) is 6.08. The fourth-order valence-electron chi connectivity index (χ4n) is 6.21. The summed E-state index contributed by atoms with van der Waals surface area (Å²) < 4.78 is 17.2. The van der Waals surface area contributed by atoms with Gasteiger partial charge in [-0.25, -0.2) is 4.79 Å². The summed E-state index contributed by atoms with van der Waals surface area (Å²) in [6.45, 7) is 6.86. The van der Waals surface area contributed by atoms with Crippen LogP contribution in [-0.4, -0.2) is 79.8 Å². The summed E-state index contributed by atoms with van der Waals surface area (Å²) in [6, 6.07) is 16.9. The highest BCUT2D eigenvalue weighted by Crippen LogP contribution is 2.39. The van der Waals surface area contributed by atoms with Crippen LogP contribution in [0.15, 0.2) is 72.0 Å². The average molecular weight is 617 g/mol. The Labute approximate surface area is 262 Å². The van der Waals surface area contributed by atoms with Gasteiger partial charge >= 0.3 is 5.97 Å². The van der Waals surface area contributed by atoms with Crippen molar-refractivity contribution < 1.29 is 19.0 Å². The van der Waals surface area contributed by atoms with Crippen molar-refractivity contribution >= 4 is 23.1 Å². The van der Waals surface area contributed by atoms with E-state index in [0.29, 0.717) is 62.1 Å². The number of nitrogens with zero attached hydrogens (tertiary/aromatic N) is 4. The maximum Gasteiger partial charge on any atom is 0.338 e. The van der Waals surface area contributed by atoms with Crippen molar-refractivity contribution in [1.82, 2.24) is 14.8 Å². The number of hydrogen-bond donors (Lipinski definition) is 0. The summed E-state index contributed by atoms with van der Waals surface area (Å²) in [5.74, 6) is 0.360. The van der Waals surface area contributed by atoms with Crippen molar-refractivity contribution in [3.8, 4) is 5.75 Å². The zero-order chi connectivity index (χ0) is 30.4. The molecule has 0 aliphatic carbocycles. The Bertz CT molecular complexity index is 1500. The number of piperidine rings is 1. The highest BCUT2D eigenvalue weighted by atomic mass is 35.5. The fourth-order valence-corrected chi connectivity index (χ4v) is 6.34. The van der Waals surface area contributed by atoms with Gasteiger partial charge in [0.25, 0.3) is 0 Å². The second-order valence-corrected chi connectivity index (χ2v) is 11.9. The number of likely N-dealkylation sites (tertiary alicyclic amines) is 1. The number of halogens is 1. The summed E-state index contributed by atoms with van der Waals surface area (Å²) in [5, 5.41) is 4.24. The number of hydrogen-bond acceptors (Lipinski definition) is 9. The SMILES string of the molecule is O=NC1(c2ccc(Cl)cc2)CCN(CC/C=C2/c3cc(C(=O)OCCN4CCOCC4)ccc3OCc3ncccc32)CC1. The molecule has 1 aromatic heterocycles. The van der Waals surface area contributed by atoms with E-state index in [-0.39, 0.29) is 5.97 Å². The molecule has 6 rings (SSSR count). The number of pyridine rings is 1. The molecule has 0 bridgehead atoms. The highest BCUT2D eigenvalue weighted by Gasteiger charge is 2.37. The van der Waals surface area contributed by atoms with Crippen molar-refractivity contribution in [2.75, 3.05) is 59.1 Å². The molecular weight excluding hydrogens is 580 g/mol. The minimum atomic E-state index is -0.713. The Balaban J connectivity index is 1.15. The van der Waals surface area contributed by atoms with E-state index >= 15 is 0 Å². The third-order valence-electron chi connectivity index (χ3n) is 8.83. The number of esters is 1. The zero-order valence-electron chi connectivity index (χ0n) is 24.8. The van der Waals surface area contributed by atoms with Gasteiger partial charge in [-0.15, -0.1) is 4.91 Å². The molecule has 10 heteroatoms. The van der Waals surface area contributed by atoms with Gasteiger partial charge in [-0.1, -0.05) is 41.1 Å². The highest BCUT2D eigenvalue weighted by molar-refractivity contribution is 6.30. The van der Waals surface area contributed by atoms with Crippen molar-refractivity contribution in [3.63, 3.8) is 0 Å². The average Bonchev–Trinajstić information content (AvgIpc) is 3.22. The number of morpholine rings is 1. The lowest BCUT2D eigenvalue weighted by Crippen LogP contribution is -2.41. The smallest absolute Gasteiger partial charge is 0.338 e. The maximum atomic E-state index is 13.0. The molecule has 3 aliphatic rings. The second-order valence-electron chi connectivity index (χ2n) is 11.5. The molecule has 230 valence electrons. The molecule has 3 aliphatic heterocycles. The molecule has 2 fully saturated rings. The quantitative estimate of drug-likeness (QED) is 0.223. The summed E-state index contributed by atoms with van der Waals surface area (Å²) in [5.41, 5.74) is 4.39. The zero-order valence-corrected chi connectivity index (χ0v) is 25.5. The molecule has 44 heavy (non-hydrogen) atoms. The number of carbonyl (C=O) groups excluding carboxylic acids is 1. The van der Waals surface area contributed by atoms with E-state index in [1.165, 1.54) is 0 Å². The lowest BCUT2D eigenvalue weighted by Gasteiger charge is -2.37. The van der Waals surface area contributed by atoms with E-state index in [2.05, 4.69) is 32.1 Å². The van der Waals surface area contributed by atoms with Gasteiger partial charge in [0.2, 0.25) is 0 Å². The molecule has 0 N–H and O–H groups in total. The third-order valence-corrected chi connectivity index (χ3v) is 9.08. The second kappa shape index (κ2) is 14.0. The Kier molecular flexibility index (Phi) is 9.66. The Morgan fingerprint density at radius 3 is 2.55 bits per heavy atom. The van der Waals surface area contributed by atoms with Gasteiger partial charge in [0.1, 0.15) is 24.5 Å². The molecule has 2 saturated heterocycles. The van der Waals surface area contributed by atoms with Crippen LogP contribution in [0.3, 0.4) is 0 Å². The molecule has 0 spiro atoms. The minimum absolute atomic E-state index is 0.330. The largest absolute Gasteiger partial charge is 0.487 e. The van der Waals surface area contributed by atoms with E-state index in [0.717, 1.165) is 67.1 Å². The van der Waals surface area contributed by atoms with Crippen LogP contribution in [0.25, 0.3) is 5.57 Å². The van der Waals surface area contributed by atoms with Gasteiger partial charge in [0.15, 0.2) is 0 Å². The van der Waals surface area contributed by atoms with E-state index in [1.54, 1.807) is 12.3 Å². The van der Waals surface area contributed by atoms with Gasteiger partial charge in [0, 0.05) is 61.6 Å². The van der Waals surface area contributed by atoms with Crippen molar-refractivity contribution in [3.05, 3.63) is 105 Å². The summed E-state index contributed by atoms with van der Waals surface area (Å²) in [7, 11) is 0. The lowest BCUT2D eigenvalue weighted by molar-refractivity contribution is 0.0195. The third kappa shape index (κ3) is 6.86. The van der Waals surface area contributed by atoms with Crippen molar-refractivity contribution in [2.45, 2.75) is 31.4 Å². The Hall–Kier alpha value is -3.63. The molecule has 2 aromatic carbocycles. The maximum absolute atomic E-state index is 13.0. The molecule has 0 radical (unpaired) electrons. The number of nitroso groups, excluding NO2 is 1. The summed E-state index contributed by atoms with van der Waals surface area (Å²) in [4.78, 5) is 34.2. The molecule has 0 atom stereocenters. The number of carbonyl (C=O) groups is 1. The number of aromatic nitrogens is 1. The standard InChI is InChI=1S/C34H37ClN4O5/c35-27-8-6-26(7-9-27)34(37-41)11-15-38(16-12-34)14-2-4-28-29-3-1-13-36-31(29)24-44-32-10-5-25(23-30(28)32)33(40)43-22-19-39-17-20-42-21-18-39/h1,3-10,13,23H,2,11-12,14-22,24H2/b28-4+. The van der Waals surface area contributed by atoms with Crippen LogP contribution in [-0.2, 0) is 21.6 Å². The molecular formula is C34H37ClN4O5. The van der Waals surface area contributed by atoms with Gasteiger partial charge in [-0.05, 0) is 66.8 Å². The number of ether oxygens (including phenoxy) is 3. The van der Waals surface area contributed by atoms with Crippen molar-refractivity contribution in [2.24, 2.45) is 5.18 Å². The van der Waals surface area contributed by atoms with Gasteiger partial charge in [0.05, 0.1) is 24.5 Å². The first-order valence-electron chi connectivity index (χ1n) is 15.3.